The van der Waals surface area contributed by atoms with Crippen molar-refractivity contribution in [3.8, 4) is 6.07 Å². The molecule has 0 aromatic heterocycles. The van der Waals surface area contributed by atoms with Crippen molar-refractivity contribution in [2.45, 2.75) is 13.0 Å². The predicted molar refractivity (Wildman–Crippen MR) is 61.0 cm³/mol. The van der Waals surface area contributed by atoms with Crippen LogP contribution < -0.4 is 11.1 Å². The molecule has 0 heterocycles. The highest BCUT2D eigenvalue weighted by Gasteiger charge is 2.11. The number of nitrogens with two attached hydrogens (primary N) is 1. The van der Waals surface area contributed by atoms with Crippen LogP contribution in [0.2, 0.25) is 0 Å². The number of hydrogen-bond donors (Lipinski definition) is 2. The first-order valence-electron chi connectivity index (χ1n) is 4.44. The zero-order valence-corrected chi connectivity index (χ0v) is 9.81. The van der Waals surface area contributed by atoms with Crippen LogP contribution in [0.1, 0.15) is 12.5 Å². The average molecular weight is 272 g/mol. The molecule has 0 saturated heterocycles. The van der Waals surface area contributed by atoms with Crippen molar-refractivity contribution in [1.82, 2.24) is 0 Å². The first-order valence-corrected chi connectivity index (χ1v) is 5.24. The van der Waals surface area contributed by atoms with E-state index in [0.717, 1.165) is 0 Å². The largest absolute Gasteiger partial charge is 0.379 e. The van der Waals surface area contributed by atoms with Crippen LogP contribution in [0.4, 0.5) is 10.1 Å². The van der Waals surface area contributed by atoms with Crippen LogP contribution in [0, 0.1) is 17.1 Å². The van der Waals surface area contributed by atoms with Crippen LogP contribution in [0.5, 0.6) is 0 Å². The highest BCUT2D eigenvalue weighted by atomic mass is 79.9. The third-order valence-corrected chi connectivity index (χ3v) is 2.73. The van der Waals surface area contributed by atoms with Crippen molar-refractivity contribution >= 4 is 21.6 Å². The second kappa shape index (κ2) is 5.10. The van der Waals surface area contributed by atoms with Gasteiger partial charge < -0.3 is 11.1 Å². The van der Waals surface area contributed by atoms with Gasteiger partial charge in [-0.25, -0.2) is 4.39 Å². The monoisotopic (exact) mass is 271 g/mol. The van der Waals surface area contributed by atoms with E-state index in [-0.39, 0.29) is 16.1 Å². The predicted octanol–water partition coefficient (Wildman–Crippen LogP) is 2.22. The zero-order chi connectivity index (χ0) is 11.4. The van der Waals surface area contributed by atoms with Gasteiger partial charge in [0.1, 0.15) is 6.07 Å². The molecular weight excluding hydrogens is 261 g/mol. The lowest BCUT2D eigenvalue weighted by Crippen LogP contribution is -2.25. The minimum Gasteiger partial charge on any atom is -0.379 e. The molecule has 0 amide bonds. The summed E-state index contributed by atoms with van der Waals surface area (Å²) in [4.78, 5) is 0. The first kappa shape index (κ1) is 12.0. The van der Waals surface area contributed by atoms with E-state index in [0.29, 0.717) is 12.2 Å². The minimum atomic E-state index is -0.464. The Kier molecular flexibility index (Phi) is 4.06. The molecule has 0 aliphatic heterocycles. The molecule has 1 unspecified atom stereocenters. The molecule has 0 saturated carbocycles. The second-order valence-electron chi connectivity index (χ2n) is 3.18. The summed E-state index contributed by atoms with van der Waals surface area (Å²) in [6, 6.07) is 4.96. The van der Waals surface area contributed by atoms with Crippen molar-refractivity contribution < 1.29 is 4.39 Å². The quantitative estimate of drug-likeness (QED) is 0.886. The topological polar surface area (TPSA) is 61.8 Å². The van der Waals surface area contributed by atoms with E-state index in [1.54, 1.807) is 6.07 Å². The first-order chi connectivity index (χ1) is 7.10. The summed E-state index contributed by atoms with van der Waals surface area (Å²) in [6.07, 6.45) is 0. The highest BCUT2D eigenvalue weighted by molar-refractivity contribution is 9.10. The molecule has 0 spiro atoms. The van der Waals surface area contributed by atoms with Gasteiger partial charge in [-0.3, -0.25) is 0 Å². The summed E-state index contributed by atoms with van der Waals surface area (Å²) in [7, 11) is 0. The Bertz CT molecular complexity index is 400. The van der Waals surface area contributed by atoms with Crippen molar-refractivity contribution in [3.63, 3.8) is 0 Å². The van der Waals surface area contributed by atoms with Gasteiger partial charge in [0, 0.05) is 12.6 Å². The van der Waals surface area contributed by atoms with Crippen LogP contribution in [0.25, 0.3) is 0 Å². The van der Waals surface area contributed by atoms with Gasteiger partial charge in [-0.1, -0.05) is 0 Å². The van der Waals surface area contributed by atoms with Crippen LogP contribution in [0.3, 0.4) is 0 Å². The molecule has 0 aliphatic rings. The Morgan fingerprint density at radius 3 is 2.87 bits per heavy atom. The van der Waals surface area contributed by atoms with Crippen LogP contribution in [-0.4, -0.2) is 12.6 Å². The molecule has 0 aliphatic carbocycles. The fourth-order valence-electron chi connectivity index (χ4n) is 1.07. The summed E-state index contributed by atoms with van der Waals surface area (Å²) in [5.74, 6) is -0.464. The summed E-state index contributed by atoms with van der Waals surface area (Å²) >= 11 is 3.03. The lowest BCUT2D eigenvalue weighted by molar-refractivity contribution is 0.619. The lowest BCUT2D eigenvalue weighted by Gasteiger charge is -2.14. The maximum absolute atomic E-state index is 13.6. The number of nitrogens with one attached hydrogen (secondary N) is 1. The number of benzene rings is 1. The number of anilines is 1. The lowest BCUT2D eigenvalue weighted by atomic mass is 10.2. The molecule has 0 radical (unpaired) electrons. The summed E-state index contributed by atoms with van der Waals surface area (Å²) in [5.41, 5.74) is 6.04. The van der Waals surface area contributed by atoms with Gasteiger partial charge in [-0.2, -0.15) is 5.26 Å². The Morgan fingerprint density at radius 1 is 1.67 bits per heavy atom. The normalized spacial score (nSPS) is 11.9. The van der Waals surface area contributed by atoms with Crippen molar-refractivity contribution in [3.05, 3.63) is 28.0 Å². The summed E-state index contributed by atoms with van der Waals surface area (Å²) in [6.45, 7) is 2.27. The number of nitriles is 1. The van der Waals surface area contributed by atoms with E-state index in [1.165, 1.54) is 6.07 Å². The van der Waals surface area contributed by atoms with E-state index in [4.69, 9.17) is 11.0 Å². The fraction of sp³-hybridized carbons (Fsp3) is 0.300. The molecule has 1 aromatic carbocycles. The average Bonchev–Trinajstić information content (AvgIpc) is 2.25. The van der Waals surface area contributed by atoms with Gasteiger partial charge >= 0.3 is 0 Å². The highest BCUT2D eigenvalue weighted by Crippen LogP contribution is 2.26. The van der Waals surface area contributed by atoms with Gasteiger partial charge in [0.25, 0.3) is 0 Å². The molecule has 1 atom stereocenters. The number of nitrogens with zero attached hydrogens (tertiary/aromatic N) is 1. The van der Waals surface area contributed by atoms with Crippen molar-refractivity contribution in [2.24, 2.45) is 5.73 Å². The molecule has 80 valence electrons. The van der Waals surface area contributed by atoms with E-state index in [2.05, 4.69) is 21.2 Å². The van der Waals surface area contributed by atoms with E-state index in [1.807, 2.05) is 13.0 Å². The van der Waals surface area contributed by atoms with Gasteiger partial charge in [-0.05, 0) is 35.0 Å². The molecular formula is C10H11BrFN3. The third-order valence-electron chi connectivity index (χ3n) is 1.96. The Balaban J connectivity index is 3.03. The Hall–Kier alpha value is -1.12. The maximum atomic E-state index is 13.6. The van der Waals surface area contributed by atoms with Crippen LogP contribution in [0.15, 0.2) is 16.6 Å². The molecule has 1 rings (SSSR count). The molecule has 15 heavy (non-hydrogen) atoms. The molecule has 3 nitrogen and oxygen atoms in total. The molecule has 5 heteroatoms. The van der Waals surface area contributed by atoms with Gasteiger partial charge in [0.05, 0.1) is 15.7 Å². The third kappa shape index (κ3) is 2.67. The van der Waals surface area contributed by atoms with Crippen LogP contribution in [-0.2, 0) is 0 Å². The van der Waals surface area contributed by atoms with E-state index >= 15 is 0 Å². The number of rotatable bonds is 3. The molecule has 1 aromatic rings. The molecule has 0 fully saturated rings. The molecule has 0 bridgehead atoms. The number of hydrogen-bond acceptors (Lipinski definition) is 3. The summed E-state index contributed by atoms with van der Waals surface area (Å²) < 4.78 is 13.8. The fourth-order valence-corrected chi connectivity index (χ4v) is 1.51. The maximum Gasteiger partial charge on any atom is 0.161 e. The molecule has 3 N–H and O–H groups in total. The Morgan fingerprint density at radius 2 is 2.33 bits per heavy atom. The van der Waals surface area contributed by atoms with Crippen molar-refractivity contribution in [1.29, 1.82) is 5.26 Å². The SMILES string of the molecule is CC(CN)Nc1ccc(C#N)c(Br)c1F. The van der Waals surface area contributed by atoms with Gasteiger partial charge in [-0.15, -0.1) is 0 Å². The second-order valence-corrected chi connectivity index (χ2v) is 3.97. The van der Waals surface area contributed by atoms with E-state index < -0.39 is 5.82 Å². The Labute approximate surface area is 96.2 Å². The zero-order valence-electron chi connectivity index (χ0n) is 8.22. The smallest absolute Gasteiger partial charge is 0.161 e. The van der Waals surface area contributed by atoms with E-state index in [9.17, 15) is 4.39 Å². The van der Waals surface area contributed by atoms with Gasteiger partial charge in [0.15, 0.2) is 5.82 Å². The van der Waals surface area contributed by atoms with Gasteiger partial charge in [0.2, 0.25) is 0 Å². The number of halogens is 2. The summed E-state index contributed by atoms with van der Waals surface area (Å²) in [5, 5.41) is 11.6. The standard InChI is InChI=1S/C10H11BrFN3/c1-6(4-13)15-8-3-2-7(5-14)9(11)10(8)12/h2-3,6,15H,4,13H2,1H3. The van der Waals surface area contributed by atoms with Crippen LogP contribution >= 0.6 is 15.9 Å². The van der Waals surface area contributed by atoms with Crippen molar-refractivity contribution in [2.75, 3.05) is 11.9 Å². The minimum absolute atomic E-state index is 0.0145.